The van der Waals surface area contributed by atoms with Crippen LogP contribution < -0.4 is 21.2 Å². The van der Waals surface area contributed by atoms with Crippen LogP contribution in [0.3, 0.4) is 0 Å². The Hall–Kier alpha value is -4.79. The fourth-order valence-corrected chi connectivity index (χ4v) is 4.01. The fraction of sp³-hybridized carbons (Fsp3) is 0.179. The number of nitrogens with zero attached hydrogens (tertiary/aromatic N) is 3. The summed E-state index contributed by atoms with van der Waals surface area (Å²) in [5.74, 6) is -1.07. The Balaban J connectivity index is 1.59. The predicted molar refractivity (Wildman–Crippen MR) is 145 cm³/mol. The summed E-state index contributed by atoms with van der Waals surface area (Å²) in [5, 5.41) is 14.2. The average molecular weight is 497 g/mol. The zero-order valence-electron chi connectivity index (χ0n) is 20.6. The molecular weight excluding hydrogens is 468 g/mol. The van der Waals surface area contributed by atoms with Crippen LogP contribution in [0.15, 0.2) is 88.8 Å². The largest absolute Gasteiger partial charge is 0.372 e. The van der Waals surface area contributed by atoms with Gasteiger partial charge in [0, 0.05) is 29.7 Å². The molecule has 3 N–H and O–H groups in total. The molecule has 3 aromatic carbocycles. The number of fused-ring (bicyclic) bond motifs is 1. The van der Waals surface area contributed by atoms with Crippen LogP contribution in [0.5, 0.6) is 0 Å². The van der Waals surface area contributed by atoms with Crippen molar-refractivity contribution in [1.29, 1.82) is 0 Å². The molecule has 9 heteroatoms. The summed E-state index contributed by atoms with van der Waals surface area (Å²) in [6.45, 7) is 6.01. The van der Waals surface area contributed by atoms with Crippen LogP contribution in [-0.2, 0) is 4.79 Å². The summed E-state index contributed by atoms with van der Waals surface area (Å²) in [5.41, 5.74) is 4.60. The van der Waals surface area contributed by atoms with Crippen molar-refractivity contribution < 1.29 is 9.59 Å². The molecule has 0 radical (unpaired) electrons. The Morgan fingerprint density at radius 2 is 1.59 bits per heavy atom. The van der Waals surface area contributed by atoms with Gasteiger partial charge in [-0.25, -0.2) is 10.5 Å². The lowest BCUT2D eigenvalue weighted by Gasteiger charge is -2.20. The lowest BCUT2D eigenvalue weighted by atomic mass is 10.0. The molecule has 0 aliphatic carbocycles. The van der Waals surface area contributed by atoms with Gasteiger partial charge >= 0.3 is 0 Å². The van der Waals surface area contributed by atoms with E-state index in [0.717, 1.165) is 24.3 Å². The van der Waals surface area contributed by atoms with Gasteiger partial charge in [0.15, 0.2) is 6.04 Å². The van der Waals surface area contributed by atoms with E-state index in [2.05, 4.69) is 44.8 Å². The summed E-state index contributed by atoms with van der Waals surface area (Å²) in [6.07, 6.45) is 1.53. The standard InChI is InChI=1S/C28H28N6O3/c1-3-34(4-2)21-16-14-19(15-17-21)18-29-32-28(37)25(30-26(35)20-10-6-5-7-11-20)24-22-12-8-9-13-23(22)27(36)33-31-24/h5-18,25H,3-4H2,1-2H3,(H,30,35)(H,32,37)(H,33,36). The number of anilines is 1. The number of rotatable bonds is 9. The Kier molecular flexibility index (Phi) is 8.05. The Labute approximate surface area is 214 Å². The van der Waals surface area contributed by atoms with E-state index in [-0.39, 0.29) is 11.3 Å². The van der Waals surface area contributed by atoms with Gasteiger partial charge in [0.25, 0.3) is 17.4 Å². The molecule has 0 saturated heterocycles. The van der Waals surface area contributed by atoms with Gasteiger partial charge in [-0.05, 0) is 49.7 Å². The van der Waals surface area contributed by atoms with Crippen molar-refractivity contribution in [3.8, 4) is 0 Å². The second-order valence-electron chi connectivity index (χ2n) is 8.25. The molecule has 0 aliphatic heterocycles. The van der Waals surface area contributed by atoms with Crippen LogP contribution in [0.25, 0.3) is 10.8 Å². The first kappa shape index (κ1) is 25.3. The number of hydrogen-bond donors (Lipinski definition) is 3. The molecule has 0 aliphatic rings. The second kappa shape index (κ2) is 11.8. The van der Waals surface area contributed by atoms with Gasteiger partial charge in [-0.2, -0.15) is 10.2 Å². The Bertz CT molecular complexity index is 1460. The number of carbonyl (C=O) groups excluding carboxylic acids is 2. The first-order valence-electron chi connectivity index (χ1n) is 12.0. The number of hydrogen-bond acceptors (Lipinski definition) is 6. The highest BCUT2D eigenvalue weighted by Gasteiger charge is 2.27. The van der Waals surface area contributed by atoms with Gasteiger partial charge in [0.1, 0.15) is 5.69 Å². The number of hydrazone groups is 1. The number of amides is 2. The predicted octanol–water partition coefficient (Wildman–Crippen LogP) is 3.39. The molecule has 0 fully saturated rings. The fourth-order valence-electron chi connectivity index (χ4n) is 4.01. The Morgan fingerprint density at radius 3 is 2.27 bits per heavy atom. The van der Waals surface area contributed by atoms with Crippen molar-refractivity contribution in [3.05, 3.63) is 106 Å². The average Bonchev–Trinajstić information content (AvgIpc) is 2.94. The van der Waals surface area contributed by atoms with E-state index in [1.807, 2.05) is 24.3 Å². The third-order valence-electron chi connectivity index (χ3n) is 5.98. The first-order chi connectivity index (χ1) is 18.0. The van der Waals surface area contributed by atoms with Gasteiger partial charge in [0.2, 0.25) is 0 Å². The van der Waals surface area contributed by atoms with E-state index >= 15 is 0 Å². The number of H-pyrrole nitrogens is 1. The maximum atomic E-state index is 13.3. The normalized spacial score (nSPS) is 11.8. The highest BCUT2D eigenvalue weighted by atomic mass is 16.2. The molecular formula is C28H28N6O3. The minimum absolute atomic E-state index is 0.204. The number of aromatic amines is 1. The number of carbonyl (C=O) groups is 2. The van der Waals surface area contributed by atoms with Crippen molar-refractivity contribution in [2.45, 2.75) is 19.9 Å². The summed E-state index contributed by atoms with van der Waals surface area (Å²) < 4.78 is 0. The topological polar surface area (TPSA) is 120 Å². The molecule has 1 unspecified atom stereocenters. The van der Waals surface area contributed by atoms with Crippen molar-refractivity contribution >= 4 is 34.5 Å². The number of aromatic nitrogens is 2. The molecule has 1 aromatic heterocycles. The van der Waals surface area contributed by atoms with E-state index in [4.69, 9.17) is 0 Å². The minimum Gasteiger partial charge on any atom is -0.372 e. The molecule has 1 heterocycles. The molecule has 4 rings (SSSR count). The van der Waals surface area contributed by atoms with Crippen molar-refractivity contribution in [3.63, 3.8) is 0 Å². The molecule has 0 spiro atoms. The van der Waals surface area contributed by atoms with E-state index in [0.29, 0.717) is 16.3 Å². The quantitative estimate of drug-likeness (QED) is 0.242. The third kappa shape index (κ3) is 5.90. The molecule has 4 aromatic rings. The zero-order valence-corrected chi connectivity index (χ0v) is 20.6. The SMILES string of the molecule is CCN(CC)c1ccc(C=NNC(=O)C(NC(=O)c2ccccc2)c2n[nH]c(=O)c3ccccc23)cc1. The smallest absolute Gasteiger partial charge is 0.272 e. The highest BCUT2D eigenvalue weighted by molar-refractivity contribution is 5.99. The molecule has 0 saturated carbocycles. The van der Waals surface area contributed by atoms with Crippen molar-refractivity contribution in [1.82, 2.24) is 20.9 Å². The lowest BCUT2D eigenvalue weighted by molar-refractivity contribution is -0.123. The monoisotopic (exact) mass is 496 g/mol. The summed E-state index contributed by atoms with van der Waals surface area (Å²) in [6, 6.07) is 21.9. The summed E-state index contributed by atoms with van der Waals surface area (Å²) in [4.78, 5) is 40.7. The van der Waals surface area contributed by atoms with Gasteiger partial charge in [0.05, 0.1) is 11.6 Å². The van der Waals surface area contributed by atoms with Crippen LogP contribution in [0, 0.1) is 0 Å². The maximum absolute atomic E-state index is 13.3. The van der Waals surface area contributed by atoms with Crippen LogP contribution in [0.4, 0.5) is 5.69 Å². The number of nitrogens with one attached hydrogen (secondary N) is 3. The van der Waals surface area contributed by atoms with E-state index in [1.54, 1.807) is 54.6 Å². The zero-order chi connectivity index (χ0) is 26.2. The van der Waals surface area contributed by atoms with Gasteiger partial charge in [-0.15, -0.1) is 0 Å². The maximum Gasteiger partial charge on any atom is 0.272 e. The van der Waals surface area contributed by atoms with E-state index in [1.165, 1.54) is 6.21 Å². The minimum atomic E-state index is -1.21. The third-order valence-corrected chi connectivity index (χ3v) is 5.98. The van der Waals surface area contributed by atoms with E-state index in [9.17, 15) is 14.4 Å². The van der Waals surface area contributed by atoms with Gasteiger partial charge < -0.3 is 10.2 Å². The van der Waals surface area contributed by atoms with Crippen LogP contribution in [0.1, 0.15) is 41.5 Å². The first-order valence-corrected chi connectivity index (χ1v) is 12.0. The summed E-state index contributed by atoms with van der Waals surface area (Å²) in [7, 11) is 0. The lowest BCUT2D eigenvalue weighted by Crippen LogP contribution is -2.40. The molecule has 9 nitrogen and oxygen atoms in total. The molecule has 37 heavy (non-hydrogen) atoms. The van der Waals surface area contributed by atoms with Gasteiger partial charge in [-0.1, -0.05) is 48.5 Å². The summed E-state index contributed by atoms with van der Waals surface area (Å²) >= 11 is 0. The Morgan fingerprint density at radius 1 is 0.946 bits per heavy atom. The van der Waals surface area contributed by atoms with Gasteiger partial charge in [-0.3, -0.25) is 14.4 Å². The molecule has 2 amide bonds. The van der Waals surface area contributed by atoms with Crippen LogP contribution in [0.2, 0.25) is 0 Å². The molecule has 188 valence electrons. The second-order valence-corrected chi connectivity index (χ2v) is 8.25. The molecule has 1 atom stereocenters. The van der Waals surface area contributed by atoms with Crippen LogP contribution in [-0.4, -0.2) is 41.3 Å². The molecule has 0 bridgehead atoms. The highest BCUT2D eigenvalue weighted by Crippen LogP contribution is 2.20. The number of benzene rings is 3. The van der Waals surface area contributed by atoms with E-state index < -0.39 is 17.9 Å². The van der Waals surface area contributed by atoms with Crippen molar-refractivity contribution in [2.24, 2.45) is 5.10 Å². The van der Waals surface area contributed by atoms with Crippen molar-refractivity contribution in [2.75, 3.05) is 18.0 Å². The van der Waals surface area contributed by atoms with Crippen LogP contribution >= 0.6 is 0 Å².